The zero-order chi connectivity index (χ0) is 21.9. The maximum Gasteiger partial charge on any atom is 0.305 e. The smallest absolute Gasteiger partial charge is 0.305 e. The van der Waals surface area contributed by atoms with E-state index in [0.717, 1.165) is 10.9 Å². The van der Waals surface area contributed by atoms with Crippen LogP contribution >= 0.6 is 0 Å². The van der Waals surface area contributed by atoms with Gasteiger partial charge in [0.15, 0.2) is 5.76 Å². The molecular weight excluding hydrogens is 382 g/mol. The molecule has 0 saturated carbocycles. The molecule has 0 bridgehead atoms. The number of hydrogen-bond donors (Lipinski definition) is 3. The summed E-state index contributed by atoms with van der Waals surface area (Å²) in [5.74, 6) is -1.37. The van der Waals surface area contributed by atoms with Crippen molar-refractivity contribution in [2.24, 2.45) is 0 Å². The highest BCUT2D eigenvalue weighted by molar-refractivity contribution is 6.00. The molecule has 156 valence electrons. The highest BCUT2D eigenvalue weighted by atomic mass is 16.3. The molecule has 3 aromatic rings. The molecule has 3 amide bonds. The topological polar surface area (TPSA) is 100 Å². The molecule has 2 aromatic carbocycles. The van der Waals surface area contributed by atoms with Gasteiger partial charge >= 0.3 is 5.91 Å². The molecule has 3 N–H and O–H groups in total. The van der Waals surface area contributed by atoms with E-state index in [1.165, 1.54) is 0 Å². The van der Waals surface area contributed by atoms with E-state index < -0.39 is 11.8 Å². The maximum absolute atomic E-state index is 12.3. The first kappa shape index (κ1) is 21.1. The van der Waals surface area contributed by atoms with Crippen molar-refractivity contribution < 1.29 is 18.8 Å². The molecule has 7 nitrogen and oxygen atoms in total. The van der Waals surface area contributed by atoms with Crippen molar-refractivity contribution in [3.05, 3.63) is 71.0 Å². The number of hydrogen-bond acceptors (Lipinski definition) is 4. The van der Waals surface area contributed by atoms with Crippen LogP contribution in [0.15, 0.2) is 52.9 Å². The fraction of sp³-hybridized carbons (Fsp3) is 0.261. The van der Waals surface area contributed by atoms with Crippen LogP contribution in [-0.2, 0) is 10.2 Å². The number of aryl methyl sites for hydroxylation is 1. The lowest BCUT2D eigenvalue weighted by molar-refractivity contribution is -0.120. The van der Waals surface area contributed by atoms with Crippen LogP contribution in [0.2, 0.25) is 0 Å². The van der Waals surface area contributed by atoms with Crippen LogP contribution in [0.25, 0.3) is 11.0 Å². The number of furan rings is 1. The Morgan fingerprint density at radius 1 is 0.900 bits per heavy atom. The number of carbonyl (C=O) groups excluding carboxylic acids is 3. The lowest BCUT2D eigenvalue weighted by Crippen LogP contribution is -2.46. The number of hydrazine groups is 1. The highest BCUT2D eigenvalue weighted by Gasteiger charge is 2.18. The quantitative estimate of drug-likeness (QED) is 0.578. The molecule has 3 rings (SSSR count). The van der Waals surface area contributed by atoms with Crippen molar-refractivity contribution in [3.8, 4) is 0 Å². The average molecular weight is 407 g/mol. The lowest BCUT2D eigenvalue weighted by atomic mass is 9.87. The van der Waals surface area contributed by atoms with Crippen LogP contribution in [0.1, 0.15) is 52.8 Å². The Kier molecular flexibility index (Phi) is 5.91. The Balaban J connectivity index is 1.51. The number of nitrogens with one attached hydrogen (secondary N) is 3. The van der Waals surface area contributed by atoms with Gasteiger partial charge in [0.1, 0.15) is 5.58 Å². The summed E-state index contributed by atoms with van der Waals surface area (Å²) in [4.78, 5) is 36.5. The van der Waals surface area contributed by atoms with Gasteiger partial charge in [-0.2, -0.15) is 0 Å². The van der Waals surface area contributed by atoms with Crippen molar-refractivity contribution in [2.45, 2.75) is 33.1 Å². The largest absolute Gasteiger partial charge is 0.451 e. The highest BCUT2D eigenvalue weighted by Crippen LogP contribution is 2.24. The molecule has 7 heteroatoms. The van der Waals surface area contributed by atoms with Gasteiger partial charge in [-0.3, -0.25) is 25.2 Å². The zero-order valence-corrected chi connectivity index (χ0v) is 17.5. The van der Waals surface area contributed by atoms with Crippen LogP contribution in [0.3, 0.4) is 0 Å². The Morgan fingerprint density at radius 2 is 1.57 bits per heavy atom. The molecule has 1 heterocycles. The van der Waals surface area contributed by atoms with Gasteiger partial charge in [-0.25, -0.2) is 0 Å². The van der Waals surface area contributed by atoms with E-state index in [1.807, 2.05) is 30.3 Å². The van der Waals surface area contributed by atoms with Gasteiger partial charge in [-0.05, 0) is 36.1 Å². The number of benzene rings is 2. The standard InChI is InChI=1S/C23H25N3O4/c1-14-17-7-5-6-8-18(17)30-20(14)22(29)26-25-19(27)13-24-21(28)15-9-11-16(12-10-15)23(2,3)4/h5-12H,13H2,1-4H3,(H,24,28)(H,25,27)(H,26,29). The van der Waals surface area contributed by atoms with Gasteiger partial charge < -0.3 is 9.73 Å². The van der Waals surface area contributed by atoms with E-state index in [9.17, 15) is 14.4 Å². The summed E-state index contributed by atoms with van der Waals surface area (Å²) in [5, 5.41) is 3.36. The molecule has 0 aliphatic carbocycles. The van der Waals surface area contributed by atoms with Crippen molar-refractivity contribution in [2.75, 3.05) is 6.54 Å². The summed E-state index contributed by atoms with van der Waals surface area (Å²) in [6, 6.07) is 14.5. The van der Waals surface area contributed by atoms with E-state index in [2.05, 4.69) is 36.9 Å². The number of para-hydroxylation sites is 1. The molecule has 0 aliphatic rings. The van der Waals surface area contributed by atoms with Crippen molar-refractivity contribution in [1.82, 2.24) is 16.2 Å². The molecular formula is C23H25N3O4. The lowest BCUT2D eigenvalue weighted by Gasteiger charge is -2.19. The summed E-state index contributed by atoms with van der Waals surface area (Å²) in [5.41, 5.74) is 7.42. The van der Waals surface area contributed by atoms with E-state index in [0.29, 0.717) is 16.7 Å². The van der Waals surface area contributed by atoms with Gasteiger partial charge in [0.25, 0.3) is 11.8 Å². The third-order valence-corrected chi connectivity index (χ3v) is 4.79. The summed E-state index contributed by atoms with van der Waals surface area (Å²) < 4.78 is 5.55. The first-order chi connectivity index (χ1) is 14.2. The van der Waals surface area contributed by atoms with Crippen LogP contribution in [-0.4, -0.2) is 24.3 Å². The third-order valence-electron chi connectivity index (χ3n) is 4.79. The fourth-order valence-corrected chi connectivity index (χ4v) is 3.00. The second-order valence-electron chi connectivity index (χ2n) is 8.06. The molecule has 30 heavy (non-hydrogen) atoms. The van der Waals surface area contributed by atoms with Crippen molar-refractivity contribution >= 4 is 28.7 Å². The van der Waals surface area contributed by atoms with Gasteiger partial charge in [0.2, 0.25) is 0 Å². The Labute approximate surface area is 174 Å². The molecule has 1 aromatic heterocycles. The van der Waals surface area contributed by atoms with Crippen LogP contribution in [0.5, 0.6) is 0 Å². The summed E-state index contributed by atoms with van der Waals surface area (Å²) in [6.07, 6.45) is 0. The predicted octanol–water partition coefficient (Wildman–Crippen LogP) is 3.23. The van der Waals surface area contributed by atoms with Crippen LogP contribution < -0.4 is 16.2 Å². The summed E-state index contributed by atoms with van der Waals surface area (Å²) in [6.45, 7) is 7.77. The second-order valence-corrected chi connectivity index (χ2v) is 8.06. The minimum absolute atomic E-state index is 0.00864. The van der Waals surface area contributed by atoms with Crippen molar-refractivity contribution in [3.63, 3.8) is 0 Å². The molecule has 0 radical (unpaired) electrons. The van der Waals surface area contributed by atoms with Gasteiger partial charge in [0, 0.05) is 16.5 Å². The minimum Gasteiger partial charge on any atom is -0.451 e. The molecule has 0 atom stereocenters. The Hall–Kier alpha value is -3.61. The zero-order valence-electron chi connectivity index (χ0n) is 17.5. The average Bonchev–Trinajstić information content (AvgIpc) is 3.06. The second kappa shape index (κ2) is 8.41. The van der Waals surface area contributed by atoms with E-state index in [1.54, 1.807) is 25.1 Å². The predicted molar refractivity (Wildman–Crippen MR) is 114 cm³/mol. The molecule has 0 spiro atoms. The normalized spacial score (nSPS) is 11.2. The molecule has 0 saturated heterocycles. The first-order valence-corrected chi connectivity index (χ1v) is 9.63. The van der Waals surface area contributed by atoms with Crippen LogP contribution in [0.4, 0.5) is 0 Å². The fourth-order valence-electron chi connectivity index (χ4n) is 3.00. The van der Waals surface area contributed by atoms with E-state index >= 15 is 0 Å². The molecule has 0 aliphatic heterocycles. The molecule has 0 unspecified atom stereocenters. The van der Waals surface area contributed by atoms with Crippen molar-refractivity contribution in [1.29, 1.82) is 0 Å². The number of carbonyl (C=O) groups is 3. The minimum atomic E-state index is -0.568. The monoisotopic (exact) mass is 407 g/mol. The van der Waals surface area contributed by atoms with Crippen LogP contribution in [0, 0.1) is 6.92 Å². The van der Waals surface area contributed by atoms with E-state index in [4.69, 9.17) is 4.42 Å². The summed E-state index contributed by atoms with van der Waals surface area (Å²) in [7, 11) is 0. The Bertz CT molecular complexity index is 1090. The Morgan fingerprint density at radius 3 is 2.20 bits per heavy atom. The van der Waals surface area contributed by atoms with Gasteiger partial charge in [0.05, 0.1) is 6.54 Å². The first-order valence-electron chi connectivity index (χ1n) is 9.63. The summed E-state index contributed by atoms with van der Waals surface area (Å²) >= 11 is 0. The number of amides is 3. The third kappa shape index (κ3) is 4.68. The maximum atomic E-state index is 12.3. The van der Waals surface area contributed by atoms with E-state index in [-0.39, 0.29) is 23.6 Å². The number of rotatable bonds is 4. The molecule has 0 fully saturated rings. The number of fused-ring (bicyclic) bond motifs is 1. The van der Waals surface area contributed by atoms with Gasteiger partial charge in [-0.15, -0.1) is 0 Å². The SMILES string of the molecule is Cc1c(C(=O)NNC(=O)CNC(=O)c2ccc(C(C)(C)C)cc2)oc2ccccc12. The van der Waals surface area contributed by atoms with Gasteiger partial charge in [-0.1, -0.05) is 51.1 Å².